The highest BCUT2D eigenvalue weighted by molar-refractivity contribution is 5.92. The third-order valence-corrected chi connectivity index (χ3v) is 3.93. The van der Waals surface area contributed by atoms with E-state index in [2.05, 4.69) is 22.3 Å². The van der Waals surface area contributed by atoms with Crippen molar-refractivity contribution < 1.29 is 9.21 Å². The van der Waals surface area contributed by atoms with Crippen LogP contribution in [0.3, 0.4) is 0 Å². The van der Waals surface area contributed by atoms with Gasteiger partial charge in [0, 0.05) is 24.9 Å². The Bertz CT molecular complexity index is 919. The Hall–Kier alpha value is -2.92. The summed E-state index contributed by atoms with van der Waals surface area (Å²) in [6.45, 7) is 1.37. The lowest BCUT2D eigenvalue weighted by Crippen LogP contribution is -2.25. The van der Waals surface area contributed by atoms with E-state index in [0.717, 1.165) is 11.9 Å². The number of rotatable bonds is 6. The number of hydrogen-bond donors (Lipinski definition) is 1. The second-order valence-corrected chi connectivity index (χ2v) is 6.01. The minimum atomic E-state index is -0.537. The summed E-state index contributed by atoms with van der Waals surface area (Å²) in [5.74, 6) is -0.206. The van der Waals surface area contributed by atoms with Gasteiger partial charge in [0.05, 0.1) is 0 Å². The number of anilines is 1. The number of nitrogens with zero attached hydrogens (tertiary/aromatic N) is 1. The molecule has 25 heavy (non-hydrogen) atoms. The van der Waals surface area contributed by atoms with Gasteiger partial charge in [0.15, 0.2) is 0 Å². The molecular weight excluding hydrogens is 316 g/mol. The van der Waals surface area contributed by atoms with Crippen molar-refractivity contribution in [3.05, 3.63) is 76.6 Å². The molecule has 0 saturated carbocycles. The molecule has 1 heterocycles. The third kappa shape index (κ3) is 4.55. The molecule has 0 radical (unpaired) electrons. The van der Waals surface area contributed by atoms with Gasteiger partial charge in [-0.3, -0.25) is 4.79 Å². The maximum atomic E-state index is 12.1. The molecular formula is C20H20N2O3. The molecule has 5 heteroatoms. The van der Waals surface area contributed by atoms with Crippen molar-refractivity contribution in [3.8, 4) is 0 Å². The molecule has 2 aromatic carbocycles. The SMILES string of the molecule is CN(CCC(=O)Nc1cc2ccccc2oc1=O)Cc1ccccc1. The predicted octanol–water partition coefficient (Wildman–Crippen LogP) is 3.25. The topological polar surface area (TPSA) is 62.6 Å². The van der Waals surface area contributed by atoms with E-state index < -0.39 is 5.63 Å². The maximum absolute atomic E-state index is 12.1. The van der Waals surface area contributed by atoms with Crippen molar-refractivity contribution in [2.24, 2.45) is 0 Å². The van der Waals surface area contributed by atoms with Crippen LogP contribution in [-0.4, -0.2) is 24.4 Å². The first kappa shape index (κ1) is 16.9. The Morgan fingerprint density at radius 2 is 1.80 bits per heavy atom. The number of carbonyl (C=O) groups excluding carboxylic acids is 1. The third-order valence-electron chi connectivity index (χ3n) is 3.93. The molecule has 3 rings (SSSR count). The van der Waals surface area contributed by atoms with E-state index in [4.69, 9.17) is 4.42 Å². The smallest absolute Gasteiger partial charge is 0.360 e. The van der Waals surface area contributed by atoms with Crippen molar-refractivity contribution >= 4 is 22.6 Å². The highest BCUT2D eigenvalue weighted by Crippen LogP contribution is 2.15. The van der Waals surface area contributed by atoms with Gasteiger partial charge in [-0.25, -0.2) is 4.79 Å². The maximum Gasteiger partial charge on any atom is 0.360 e. The molecule has 128 valence electrons. The van der Waals surface area contributed by atoms with E-state index in [1.54, 1.807) is 18.2 Å². The quantitative estimate of drug-likeness (QED) is 0.702. The lowest BCUT2D eigenvalue weighted by atomic mass is 10.2. The Kier molecular flexibility index (Phi) is 5.26. The van der Waals surface area contributed by atoms with Crippen molar-refractivity contribution in [1.29, 1.82) is 0 Å². The van der Waals surface area contributed by atoms with Gasteiger partial charge in [-0.15, -0.1) is 0 Å². The summed E-state index contributed by atoms with van der Waals surface area (Å²) in [7, 11) is 1.96. The molecule has 1 N–H and O–H groups in total. The zero-order chi connectivity index (χ0) is 17.6. The van der Waals surface area contributed by atoms with Crippen LogP contribution in [0.25, 0.3) is 11.0 Å². The highest BCUT2D eigenvalue weighted by atomic mass is 16.4. The summed E-state index contributed by atoms with van der Waals surface area (Å²) in [5, 5.41) is 3.43. The van der Waals surface area contributed by atoms with Crippen molar-refractivity contribution in [2.75, 3.05) is 18.9 Å². The first-order valence-corrected chi connectivity index (χ1v) is 8.17. The molecule has 1 aromatic heterocycles. The van der Waals surface area contributed by atoms with Crippen LogP contribution in [0, 0.1) is 0 Å². The van der Waals surface area contributed by atoms with E-state index in [1.165, 1.54) is 5.56 Å². The fraction of sp³-hybridized carbons (Fsp3) is 0.200. The van der Waals surface area contributed by atoms with Gasteiger partial charge >= 0.3 is 5.63 Å². The molecule has 0 bridgehead atoms. The van der Waals surface area contributed by atoms with Crippen LogP contribution in [0.5, 0.6) is 0 Å². The summed E-state index contributed by atoms with van der Waals surface area (Å²) in [6.07, 6.45) is 0.301. The lowest BCUT2D eigenvalue weighted by molar-refractivity contribution is -0.116. The van der Waals surface area contributed by atoms with E-state index in [0.29, 0.717) is 18.5 Å². The van der Waals surface area contributed by atoms with Gasteiger partial charge in [0.1, 0.15) is 11.3 Å². The number of carbonyl (C=O) groups is 1. The molecule has 1 amide bonds. The van der Waals surface area contributed by atoms with Gasteiger partial charge in [0.2, 0.25) is 5.91 Å². The fourth-order valence-electron chi connectivity index (χ4n) is 2.63. The molecule has 3 aromatic rings. The van der Waals surface area contributed by atoms with Crippen LogP contribution in [0.2, 0.25) is 0 Å². The summed E-state index contributed by atoms with van der Waals surface area (Å²) in [4.78, 5) is 26.2. The molecule has 0 aliphatic rings. The lowest BCUT2D eigenvalue weighted by Gasteiger charge is -2.16. The Balaban J connectivity index is 1.57. The number of para-hydroxylation sites is 1. The highest BCUT2D eigenvalue weighted by Gasteiger charge is 2.10. The molecule has 0 fully saturated rings. The van der Waals surface area contributed by atoms with Gasteiger partial charge in [-0.05, 0) is 24.7 Å². The van der Waals surface area contributed by atoms with E-state index in [9.17, 15) is 9.59 Å². The second-order valence-electron chi connectivity index (χ2n) is 6.01. The van der Waals surface area contributed by atoms with Crippen LogP contribution < -0.4 is 10.9 Å². The van der Waals surface area contributed by atoms with Crippen molar-refractivity contribution in [1.82, 2.24) is 4.90 Å². The van der Waals surface area contributed by atoms with Gasteiger partial charge < -0.3 is 14.6 Å². The molecule has 0 unspecified atom stereocenters. The summed E-state index contributed by atoms with van der Waals surface area (Å²) >= 11 is 0. The van der Waals surface area contributed by atoms with Crippen LogP contribution in [0.4, 0.5) is 5.69 Å². The number of benzene rings is 2. The first-order valence-electron chi connectivity index (χ1n) is 8.17. The Morgan fingerprint density at radius 1 is 1.08 bits per heavy atom. The summed E-state index contributed by atoms with van der Waals surface area (Å²) in [6, 6.07) is 18.9. The average molecular weight is 336 g/mol. The fourth-order valence-corrected chi connectivity index (χ4v) is 2.63. The number of hydrogen-bond acceptors (Lipinski definition) is 4. The van der Waals surface area contributed by atoms with Gasteiger partial charge in [-0.2, -0.15) is 0 Å². The molecule has 5 nitrogen and oxygen atoms in total. The molecule has 0 atom stereocenters. The number of amides is 1. The minimum Gasteiger partial charge on any atom is -0.421 e. The summed E-state index contributed by atoms with van der Waals surface area (Å²) in [5.41, 5.74) is 1.34. The number of nitrogens with one attached hydrogen (secondary N) is 1. The Morgan fingerprint density at radius 3 is 2.60 bits per heavy atom. The molecule has 0 saturated heterocycles. The molecule has 0 aliphatic carbocycles. The van der Waals surface area contributed by atoms with Crippen LogP contribution >= 0.6 is 0 Å². The van der Waals surface area contributed by atoms with Crippen LogP contribution in [-0.2, 0) is 11.3 Å². The van der Waals surface area contributed by atoms with E-state index in [-0.39, 0.29) is 11.6 Å². The summed E-state index contributed by atoms with van der Waals surface area (Å²) < 4.78 is 5.22. The monoisotopic (exact) mass is 336 g/mol. The standard InChI is InChI=1S/C20H20N2O3/c1-22(14-15-7-3-2-4-8-15)12-11-19(23)21-17-13-16-9-5-6-10-18(16)25-20(17)24/h2-10,13H,11-12,14H2,1H3,(H,21,23). The minimum absolute atomic E-state index is 0.175. The normalized spacial score (nSPS) is 11.0. The number of fused-ring (bicyclic) bond motifs is 1. The van der Waals surface area contributed by atoms with Gasteiger partial charge in [-0.1, -0.05) is 48.5 Å². The predicted molar refractivity (Wildman–Crippen MR) is 98.5 cm³/mol. The van der Waals surface area contributed by atoms with Crippen LogP contribution in [0.1, 0.15) is 12.0 Å². The first-order chi connectivity index (χ1) is 12.1. The van der Waals surface area contributed by atoms with Crippen molar-refractivity contribution in [2.45, 2.75) is 13.0 Å². The molecule has 0 aliphatic heterocycles. The van der Waals surface area contributed by atoms with Crippen LogP contribution in [0.15, 0.2) is 69.9 Å². The second kappa shape index (κ2) is 7.77. The van der Waals surface area contributed by atoms with Crippen molar-refractivity contribution in [3.63, 3.8) is 0 Å². The molecule has 0 spiro atoms. The zero-order valence-corrected chi connectivity index (χ0v) is 14.1. The Labute approximate surface area is 145 Å². The van der Waals surface area contributed by atoms with E-state index >= 15 is 0 Å². The van der Waals surface area contributed by atoms with E-state index in [1.807, 2.05) is 37.4 Å². The zero-order valence-electron chi connectivity index (χ0n) is 14.1. The van der Waals surface area contributed by atoms with Gasteiger partial charge in [0.25, 0.3) is 0 Å². The average Bonchev–Trinajstić information content (AvgIpc) is 2.61. The largest absolute Gasteiger partial charge is 0.421 e.